The van der Waals surface area contributed by atoms with E-state index in [4.69, 9.17) is 0 Å². The summed E-state index contributed by atoms with van der Waals surface area (Å²) >= 11 is 0. The van der Waals surface area contributed by atoms with Crippen molar-refractivity contribution in [3.8, 4) is 0 Å². The van der Waals surface area contributed by atoms with Crippen molar-refractivity contribution in [3.63, 3.8) is 0 Å². The molecule has 0 amide bonds. The molecule has 0 saturated heterocycles. The fourth-order valence-corrected chi connectivity index (χ4v) is 3.45. The highest BCUT2D eigenvalue weighted by molar-refractivity contribution is 6.21. The molecule has 3 nitrogen and oxygen atoms in total. The third-order valence-corrected chi connectivity index (χ3v) is 4.72. The summed E-state index contributed by atoms with van der Waals surface area (Å²) in [4.78, 5) is 24.9. The summed E-state index contributed by atoms with van der Waals surface area (Å²) in [5.41, 5.74) is 1.46. The van der Waals surface area contributed by atoms with Gasteiger partial charge in [0.1, 0.15) is 0 Å². The summed E-state index contributed by atoms with van der Waals surface area (Å²) < 4.78 is 0. The number of aromatic carboxylic acids is 1. The molecule has 0 radical (unpaired) electrons. The number of hydrogen-bond donors (Lipinski definition) is 1. The second kappa shape index (κ2) is 6.12. The molecule has 4 aromatic carbocycles. The van der Waals surface area contributed by atoms with E-state index in [1.807, 2.05) is 42.5 Å². The zero-order valence-corrected chi connectivity index (χ0v) is 14.2. The monoisotopic (exact) mass is 340 g/mol. The summed E-state index contributed by atoms with van der Waals surface area (Å²) in [5, 5.41) is 13.4. The Bertz CT molecular complexity index is 1190. The van der Waals surface area contributed by atoms with Crippen molar-refractivity contribution in [2.24, 2.45) is 0 Å². The van der Waals surface area contributed by atoms with E-state index in [9.17, 15) is 14.7 Å². The van der Waals surface area contributed by atoms with E-state index in [0.717, 1.165) is 21.5 Å². The third kappa shape index (κ3) is 2.54. The Morgan fingerprint density at radius 1 is 0.731 bits per heavy atom. The van der Waals surface area contributed by atoms with Crippen LogP contribution in [0.1, 0.15) is 31.8 Å². The predicted octanol–water partition coefficient (Wildman–Crippen LogP) is 5.23. The van der Waals surface area contributed by atoms with E-state index in [2.05, 4.69) is 6.07 Å². The number of ketones is 1. The smallest absolute Gasteiger partial charge is 0.336 e. The van der Waals surface area contributed by atoms with Gasteiger partial charge in [-0.25, -0.2) is 4.79 Å². The first-order valence-electron chi connectivity index (χ1n) is 8.35. The third-order valence-electron chi connectivity index (χ3n) is 4.72. The van der Waals surface area contributed by atoms with Crippen LogP contribution in [0.2, 0.25) is 0 Å². The normalized spacial score (nSPS) is 11.0. The Hall–Kier alpha value is -3.46. The van der Waals surface area contributed by atoms with E-state index in [-0.39, 0.29) is 16.9 Å². The van der Waals surface area contributed by atoms with Crippen molar-refractivity contribution in [2.45, 2.75) is 6.92 Å². The summed E-state index contributed by atoms with van der Waals surface area (Å²) in [5.74, 6) is -1.36. The highest BCUT2D eigenvalue weighted by Gasteiger charge is 2.21. The number of benzene rings is 4. The quantitative estimate of drug-likeness (QED) is 0.410. The van der Waals surface area contributed by atoms with Crippen LogP contribution in [0.15, 0.2) is 72.8 Å². The molecule has 1 N–H and O–H groups in total. The molecule has 0 fully saturated rings. The first-order valence-corrected chi connectivity index (χ1v) is 8.35. The van der Waals surface area contributed by atoms with Crippen molar-refractivity contribution in [1.82, 2.24) is 0 Å². The Kier molecular flexibility index (Phi) is 3.77. The van der Waals surface area contributed by atoms with Crippen LogP contribution in [0, 0.1) is 6.92 Å². The van der Waals surface area contributed by atoms with Crippen LogP contribution in [0.4, 0.5) is 0 Å². The van der Waals surface area contributed by atoms with Gasteiger partial charge in [-0.2, -0.15) is 0 Å². The van der Waals surface area contributed by atoms with Gasteiger partial charge >= 0.3 is 5.97 Å². The van der Waals surface area contributed by atoms with Gasteiger partial charge in [0.15, 0.2) is 5.78 Å². The lowest BCUT2D eigenvalue weighted by molar-refractivity contribution is 0.0692. The summed E-state index contributed by atoms with van der Waals surface area (Å²) in [6, 6.07) is 22.5. The molecule has 0 aliphatic carbocycles. The molecule has 0 aromatic heterocycles. The van der Waals surface area contributed by atoms with Gasteiger partial charge in [-0.05, 0) is 52.2 Å². The topological polar surface area (TPSA) is 54.4 Å². The largest absolute Gasteiger partial charge is 0.478 e. The molecule has 0 aliphatic heterocycles. The Labute approximate surface area is 150 Å². The lowest BCUT2D eigenvalue weighted by atomic mass is 9.90. The maximum Gasteiger partial charge on any atom is 0.336 e. The van der Waals surface area contributed by atoms with E-state index in [1.165, 1.54) is 6.07 Å². The van der Waals surface area contributed by atoms with E-state index >= 15 is 0 Å². The molecule has 3 heteroatoms. The Morgan fingerprint density at radius 3 is 2.08 bits per heavy atom. The Morgan fingerprint density at radius 2 is 1.35 bits per heavy atom. The molecule has 4 rings (SSSR count). The highest BCUT2D eigenvalue weighted by Crippen LogP contribution is 2.28. The van der Waals surface area contributed by atoms with Crippen molar-refractivity contribution < 1.29 is 14.7 Å². The van der Waals surface area contributed by atoms with Gasteiger partial charge in [0.2, 0.25) is 0 Å². The van der Waals surface area contributed by atoms with E-state index in [0.29, 0.717) is 11.1 Å². The molecular formula is C23H16O3. The second-order valence-corrected chi connectivity index (χ2v) is 6.36. The molecular weight excluding hydrogens is 324 g/mol. The van der Waals surface area contributed by atoms with Crippen LogP contribution in [0.5, 0.6) is 0 Å². The van der Waals surface area contributed by atoms with Crippen molar-refractivity contribution >= 4 is 33.3 Å². The number of carbonyl (C=O) groups excluding carboxylic acids is 1. The van der Waals surface area contributed by atoms with Crippen LogP contribution in [-0.4, -0.2) is 16.9 Å². The SMILES string of the molecule is Cc1cccc(C(=O)O)c1C(=O)c1cccc2cc3ccccc3cc12. The van der Waals surface area contributed by atoms with Gasteiger partial charge in [0, 0.05) is 11.1 Å². The fraction of sp³-hybridized carbons (Fsp3) is 0.0435. The van der Waals surface area contributed by atoms with Crippen molar-refractivity contribution in [3.05, 3.63) is 95.1 Å². The lowest BCUT2D eigenvalue weighted by Gasteiger charge is -2.12. The number of aryl methyl sites for hydroxylation is 1. The second-order valence-electron chi connectivity index (χ2n) is 6.36. The molecule has 0 atom stereocenters. The molecule has 0 unspecified atom stereocenters. The molecule has 4 aromatic rings. The highest BCUT2D eigenvalue weighted by atomic mass is 16.4. The van der Waals surface area contributed by atoms with Gasteiger partial charge in [-0.1, -0.05) is 54.6 Å². The van der Waals surface area contributed by atoms with Crippen molar-refractivity contribution in [1.29, 1.82) is 0 Å². The van der Waals surface area contributed by atoms with Crippen LogP contribution < -0.4 is 0 Å². The Balaban J connectivity index is 1.99. The number of carboxylic acid groups (broad SMARTS) is 1. The molecule has 0 aliphatic rings. The van der Waals surface area contributed by atoms with Crippen LogP contribution in [0.25, 0.3) is 21.5 Å². The molecule has 0 heterocycles. The van der Waals surface area contributed by atoms with Crippen molar-refractivity contribution in [2.75, 3.05) is 0 Å². The van der Waals surface area contributed by atoms with Gasteiger partial charge in [0.25, 0.3) is 0 Å². The average molecular weight is 340 g/mol. The minimum absolute atomic E-state index is 0.0350. The fourth-order valence-electron chi connectivity index (χ4n) is 3.45. The first-order chi connectivity index (χ1) is 12.6. The molecule has 26 heavy (non-hydrogen) atoms. The molecule has 126 valence electrons. The van der Waals surface area contributed by atoms with E-state index in [1.54, 1.807) is 25.1 Å². The number of rotatable bonds is 3. The zero-order chi connectivity index (χ0) is 18.3. The number of carboxylic acids is 1. The lowest BCUT2D eigenvalue weighted by Crippen LogP contribution is -2.12. The standard InChI is InChI=1S/C23H16O3/c1-14-6-4-11-19(23(25)26)21(14)22(24)18-10-5-9-17-12-15-7-2-3-8-16(15)13-20(17)18/h2-13H,1H3,(H,25,26). The minimum Gasteiger partial charge on any atom is -0.478 e. The van der Waals surface area contributed by atoms with Gasteiger partial charge < -0.3 is 5.11 Å². The summed E-state index contributed by atoms with van der Waals surface area (Å²) in [7, 11) is 0. The maximum absolute atomic E-state index is 13.3. The number of carbonyl (C=O) groups is 2. The van der Waals surface area contributed by atoms with Gasteiger partial charge in [0.05, 0.1) is 5.56 Å². The number of fused-ring (bicyclic) bond motifs is 2. The van der Waals surface area contributed by atoms with Crippen LogP contribution in [-0.2, 0) is 0 Å². The van der Waals surface area contributed by atoms with E-state index < -0.39 is 5.97 Å². The average Bonchev–Trinajstić information content (AvgIpc) is 2.65. The zero-order valence-electron chi connectivity index (χ0n) is 14.2. The summed E-state index contributed by atoms with van der Waals surface area (Å²) in [6.07, 6.45) is 0. The minimum atomic E-state index is -1.09. The number of hydrogen-bond acceptors (Lipinski definition) is 2. The van der Waals surface area contributed by atoms with Gasteiger partial charge in [-0.15, -0.1) is 0 Å². The molecule has 0 bridgehead atoms. The van der Waals surface area contributed by atoms with Gasteiger partial charge in [-0.3, -0.25) is 4.79 Å². The molecule has 0 spiro atoms. The summed E-state index contributed by atoms with van der Waals surface area (Å²) in [6.45, 7) is 1.76. The first kappa shape index (κ1) is 16.0. The maximum atomic E-state index is 13.3. The predicted molar refractivity (Wildman–Crippen MR) is 103 cm³/mol. The van der Waals surface area contributed by atoms with Crippen LogP contribution >= 0.6 is 0 Å². The molecule has 0 saturated carbocycles. The van der Waals surface area contributed by atoms with Crippen LogP contribution in [0.3, 0.4) is 0 Å².